The topological polar surface area (TPSA) is 94.0 Å². The van der Waals surface area contributed by atoms with Crippen molar-refractivity contribution in [1.82, 2.24) is 9.97 Å². The van der Waals surface area contributed by atoms with E-state index in [9.17, 15) is 9.90 Å². The molecule has 1 N–H and O–H groups in total. The average Bonchev–Trinajstić information content (AvgIpc) is 2.92. The standard InChI is InChI=1S/C33H42FN3O5/c1-21-27(29(31(38)39)42-32(2,3)4)28(37-15-13-33(5,6)14-16-37)25(20-35-21)23-18-26(34)30(36-19-23)41-17-12-22-8-10-24(40-7)11-9-22/h8-11,18-20,29H,12-17H2,1-7H3,(H,38,39)/t29-/m0/s1. The third-order valence-corrected chi connectivity index (χ3v) is 7.59. The fourth-order valence-corrected chi connectivity index (χ4v) is 5.13. The van der Waals surface area contributed by atoms with E-state index in [-0.39, 0.29) is 17.9 Å². The highest BCUT2D eigenvalue weighted by atomic mass is 19.1. The Labute approximate surface area is 247 Å². The van der Waals surface area contributed by atoms with Crippen LogP contribution in [0.25, 0.3) is 11.1 Å². The number of methoxy groups -OCH3 is 1. The summed E-state index contributed by atoms with van der Waals surface area (Å²) in [5.41, 5.74) is 3.32. The number of hydrogen-bond acceptors (Lipinski definition) is 7. The number of nitrogens with zero attached hydrogens (tertiary/aromatic N) is 3. The van der Waals surface area contributed by atoms with Crippen molar-refractivity contribution in [3.05, 3.63) is 65.4 Å². The minimum Gasteiger partial charge on any atom is -0.497 e. The Morgan fingerprint density at radius 2 is 1.79 bits per heavy atom. The number of aliphatic carboxylic acids is 1. The number of carboxylic acid groups (broad SMARTS) is 1. The molecule has 1 aliphatic rings. The normalized spacial score (nSPS) is 15.8. The zero-order valence-electron chi connectivity index (χ0n) is 25.7. The van der Waals surface area contributed by atoms with Crippen molar-refractivity contribution in [2.75, 3.05) is 31.7 Å². The Kier molecular flexibility index (Phi) is 9.40. The molecule has 0 bridgehead atoms. The van der Waals surface area contributed by atoms with Crippen molar-refractivity contribution in [1.29, 1.82) is 0 Å². The maximum atomic E-state index is 15.4. The fraction of sp³-hybridized carbons (Fsp3) is 0.485. The SMILES string of the molecule is COc1ccc(CCOc2ncc(-c3cnc(C)c([C@H](OC(C)(C)C)C(=O)O)c3N3CCC(C)(C)CC3)cc2F)cc1. The molecule has 42 heavy (non-hydrogen) atoms. The summed E-state index contributed by atoms with van der Waals surface area (Å²) in [6.45, 7) is 13.4. The summed E-state index contributed by atoms with van der Waals surface area (Å²) in [5.74, 6) is -1.02. The summed E-state index contributed by atoms with van der Waals surface area (Å²) in [7, 11) is 1.62. The number of rotatable bonds is 10. The van der Waals surface area contributed by atoms with Gasteiger partial charge in [-0.05, 0) is 69.7 Å². The molecule has 9 heteroatoms. The molecule has 0 radical (unpaired) electrons. The largest absolute Gasteiger partial charge is 0.497 e. The van der Waals surface area contributed by atoms with Gasteiger partial charge in [0.05, 0.1) is 25.0 Å². The molecule has 226 valence electrons. The van der Waals surface area contributed by atoms with Gasteiger partial charge in [-0.25, -0.2) is 14.2 Å². The maximum absolute atomic E-state index is 15.4. The Hall–Kier alpha value is -3.72. The molecule has 1 aliphatic heterocycles. The lowest BCUT2D eigenvalue weighted by atomic mass is 9.82. The average molecular weight is 580 g/mol. The molecular formula is C33H42FN3O5. The molecule has 0 aliphatic carbocycles. The zero-order chi connectivity index (χ0) is 30.7. The van der Waals surface area contributed by atoms with Gasteiger partial charge in [-0.2, -0.15) is 0 Å². The van der Waals surface area contributed by atoms with Crippen LogP contribution in [-0.2, 0) is 16.0 Å². The van der Waals surface area contributed by atoms with Gasteiger partial charge in [0.25, 0.3) is 0 Å². The van der Waals surface area contributed by atoms with Crippen LogP contribution < -0.4 is 14.4 Å². The maximum Gasteiger partial charge on any atom is 0.337 e. The number of carbonyl (C=O) groups is 1. The number of anilines is 1. The van der Waals surface area contributed by atoms with Crippen molar-refractivity contribution in [2.24, 2.45) is 5.41 Å². The first-order chi connectivity index (χ1) is 19.8. The van der Waals surface area contributed by atoms with E-state index in [1.54, 1.807) is 26.4 Å². The molecule has 1 saturated heterocycles. The van der Waals surface area contributed by atoms with Gasteiger partial charge in [0.2, 0.25) is 5.88 Å². The smallest absolute Gasteiger partial charge is 0.337 e. The van der Waals surface area contributed by atoms with Gasteiger partial charge in [-0.1, -0.05) is 26.0 Å². The first-order valence-corrected chi connectivity index (χ1v) is 14.3. The van der Waals surface area contributed by atoms with Gasteiger partial charge in [-0.15, -0.1) is 0 Å². The second-order valence-corrected chi connectivity index (χ2v) is 12.6. The number of halogens is 1. The van der Waals surface area contributed by atoms with Crippen LogP contribution >= 0.6 is 0 Å². The van der Waals surface area contributed by atoms with Crippen LogP contribution in [-0.4, -0.2) is 53.5 Å². The molecule has 1 fully saturated rings. The molecule has 0 spiro atoms. The summed E-state index contributed by atoms with van der Waals surface area (Å²) < 4.78 is 32.3. The van der Waals surface area contributed by atoms with Gasteiger partial charge in [-0.3, -0.25) is 4.98 Å². The van der Waals surface area contributed by atoms with Crippen LogP contribution in [0.4, 0.5) is 10.1 Å². The van der Waals surface area contributed by atoms with Crippen molar-refractivity contribution in [3.8, 4) is 22.8 Å². The Bertz CT molecular complexity index is 1390. The molecule has 8 nitrogen and oxygen atoms in total. The summed E-state index contributed by atoms with van der Waals surface area (Å²) >= 11 is 0. The van der Waals surface area contributed by atoms with E-state index in [1.807, 2.05) is 45.0 Å². The number of pyridine rings is 2. The van der Waals surface area contributed by atoms with E-state index in [0.717, 1.165) is 37.2 Å². The van der Waals surface area contributed by atoms with E-state index in [2.05, 4.69) is 28.7 Å². The number of aryl methyl sites for hydroxylation is 1. The molecule has 1 atom stereocenters. The number of carboxylic acids is 1. The summed E-state index contributed by atoms with van der Waals surface area (Å²) in [6, 6.07) is 9.00. The van der Waals surface area contributed by atoms with Gasteiger partial charge >= 0.3 is 5.97 Å². The number of hydrogen-bond donors (Lipinski definition) is 1. The van der Waals surface area contributed by atoms with Crippen LogP contribution in [0.3, 0.4) is 0 Å². The molecule has 0 saturated carbocycles. The van der Waals surface area contributed by atoms with Crippen molar-refractivity contribution >= 4 is 11.7 Å². The summed E-state index contributed by atoms with van der Waals surface area (Å²) in [5, 5.41) is 10.3. The fourth-order valence-electron chi connectivity index (χ4n) is 5.13. The molecular weight excluding hydrogens is 537 g/mol. The molecule has 3 aromatic rings. The van der Waals surface area contributed by atoms with Crippen LogP contribution in [0.2, 0.25) is 0 Å². The lowest BCUT2D eigenvalue weighted by molar-refractivity contribution is -0.160. The van der Waals surface area contributed by atoms with Crippen molar-refractivity contribution < 1.29 is 28.5 Å². The lowest BCUT2D eigenvalue weighted by Crippen LogP contribution is -2.39. The van der Waals surface area contributed by atoms with E-state index in [1.165, 1.54) is 6.07 Å². The predicted molar refractivity (Wildman–Crippen MR) is 161 cm³/mol. The van der Waals surface area contributed by atoms with Crippen molar-refractivity contribution in [3.63, 3.8) is 0 Å². The Morgan fingerprint density at radius 1 is 1.12 bits per heavy atom. The van der Waals surface area contributed by atoms with E-state index in [4.69, 9.17) is 14.2 Å². The Balaban J connectivity index is 1.69. The molecule has 0 amide bonds. The van der Waals surface area contributed by atoms with E-state index in [0.29, 0.717) is 34.5 Å². The van der Waals surface area contributed by atoms with Crippen LogP contribution in [0.15, 0.2) is 42.7 Å². The first kappa shape index (κ1) is 31.2. The number of benzene rings is 1. The quantitative estimate of drug-likeness (QED) is 0.281. The highest BCUT2D eigenvalue weighted by Gasteiger charge is 2.36. The molecule has 0 unspecified atom stereocenters. The number of aromatic nitrogens is 2. The molecule has 3 heterocycles. The molecule has 1 aromatic carbocycles. The van der Waals surface area contributed by atoms with Gasteiger partial charge in [0.1, 0.15) is 5.75 Å². The van der Waals surface area contributed by atoms with Gasteiger partial charge in [0.15, 0.2) is 11.9 Å². The Morgan fingerprint density at radius 3 is 2.36 bits per heavy atom. The minimum atomic E-state index is -1.25. The minimum absolute atomic E-state index is 0.0895. The first-order valence-electron chi connectivity index (χ1n) is 14.3. The van der Waals surface area contributed by atoms with Crippen molar-refractivity contribution in [2.45, 2.75) is 72.5 Å². The summed E-state index contributed by atoms with van der Waals surface area (Å²) in [6.07, 6.45) is 4.42. The highest BCUT2D eigenvalue weighted by Crippen LogP contribution is 2.43. The van der Waals surface area contributed by atoms with E-state index < -0.39 is 23.5 Å². The monoisotopic (exact) mass is 579 g/mol. The second-order valence-electron chi connectivity index (χ2n) is 12.6. The van der Waals surface area contributed by atoms with Gasteiger partial charge in [0, 0.05) is 54.3 Å². The zero-order valence-corrected chi connectivity index (χ0v) is 25.7. The van der Waals surface area contributed by atoms with Crippen LogP contribution in [0.1, 0.15) is 70.4 Å². The lowest BCUT2D eigenvalue weighted by Gasteiger charge is -2.40. The van der Waals surface area contributed by atoms with Gasteiger partial charge < -0.3 is 24.2 Å². The number of piperidine rings is 1. The van der Waals surface area contributed by atoms with Crippen LogP contribution in [0, 0.1) is 18.2 Å². The predicted octanol–water partition coefficient (Wildman–Crippen LogP) is 6.79. The third-order valence-electron chi connectivity index (χ3n) is 7.59. The van der Waals surface area contributed by atoms with Crippen LogP contribution in [0.5, 0.6) is 11.6 Å². The summed E-state index contributed by atoms with van der Waals surface area (Å²) in [4.78, 5) is 23.6. The highest BCUT2D eigenvalue weighted by molar-refractivity contribution is 5.86. The molecule has 2 aromatic heterocycles. The number of ether oxygens (including phenoxy) is 3. The molecule has 4 rings (SSSR count). The van der Waals surface area contributed by atoms with E-state index >= 15 is 4.39 Å². The third kappa shape index (κ3) is 7.56. The second kappa shape index (κ2) is 12.7.